The normalized spacial score (nSPS) is 23.1. The van der Waals surface area contributed by atoms with Gasteiger partial charge in [-0.2, -0.15) is 0 Å². The third-order valence-corrected chi connectivity index (χ3v) is 8.56. The molecule has 2 heterocycles. The van der Waals surface area contributed by atoms with Crippen LogP contribution in [-0.4, -0.2) is 51.4 Å². The molecule has 2 aliphatic heterocycles. The molecular weight excluding hydrogens is 442 g/mol. The van der Waals surface area contributed by atoms with E-state index in [-0.39, 0.29) is 16.7 Å². The maximum Gasteiger partial charge on any atom is 0.241 e. The molecule has 8 heteroatoms. The minimum Gasteiger partial charge on any atom is -0.312 e. The first-order valence-electron chi connectivity index (χ1n) is 10.2. The molecule has 0 radical (unpaired) electrons. The highest BCUT2D eigenvalue weighted by Crippen LogP contribution is 2.39. The van der Waals surface area contributed by atoms with Crippen molar-refractivity contribution in [3.63, 3.8) is 0 Å². The van der Waals surface area contributed by atoms with E-state index in [1.165, 1.54) is 19.3 Å². The summed E-state index contributed by atoms with van der Waals surface area (Å²) in [6.45, 7) is 4.98. The summed E-state index contributed by atoms with van der Waals surface area (Å²) < 4.78 is 29.2. The maximum absolute atomic E-state index is 12.9. The zero-order chi connectivity index (χ0) is 19.9. The van der Waals surface area contributed by atoms with Crippen LogP contribution in [0.5, 0.6) is 0 Å². The molecule has 1 aromatic carbocycles. The van der Waals surface area contributed by atoms with Crippen molar-refractivity contribution in [3.05, 3.63) is 22.2 Å². The molecule has 4 rings (SSSR count). The molecule has 0 bridgehead atoms. The van der Waals surface area contributed by atoms with Crippen LogP contribution in [0.1, 0.15) is 44.6 Å². The van der Waals surface area contributed by atoms with Crippen molar-refractivity contribution in [2.24, 2.45) is 5.92 Å². The lowest BCUT2D eigenvalue weighted by atomic mass is 10.0. The second-order valence-electron chi connectivity index (χ2n) is 8.20. The molecule has 6 nitrogen and oxygen atoms in total. The van der Waals surface area contributed by atoms with E-state index in [2.05, 4.69) is 32.5 Å². The summed E-state index contributed by atoms with van der Waals surface area (Å²) >= 11 is 3.43. The Hall–Kier alpha value is -0.960. The van der Waals surface area contributed by atoms with Gasteiger partial charge in [0.05, 0.1) is 4.90 Å². The van der Waals surface area contributed by atoms with Crippen molar-refractivity contribution >= 4 is 37.5 Å². The standard InChI is InChI=1S/C20H28BrN3O3S/c1-14-4-2-3-9-23(14)11-8-22-28(26,27)19-13-18-16(12-17(19)21)7-10-24(18)20(25)15-5-6-15/h12-15,22H,2-11H2,1H3. The number of hydrogen-bond acceptors (Lipinski definition) is 4. The highest BCUT2D eigenvalue weighted by molar-refractivity contribution is 9.10. The summed E-state index contributed by atoms with van der Waals surface area (Å²) in [6, 6.07) is 4.03. The number of hydrogen-bond donors (Lipinski definition) is 1. The van der Waals surface area contributed by atoms with Crippen molar-refractivity contribution in [1.82, 2.24) is 9.62 Å². The van der Waals surface area contributed by atoms with Crippen LogP contribution in [0.4, 0.5) is 5.69 Å². The molecular formula is C20H28BrN3O3S. The van der Waals surface area contributed by atoms with Crippen LogP contribution in [0, 0.1) is 5.92 Å². The zero-order valence-electron chi connectivity index (χ0n) is 16.3. The van der Waals surface area contributed by atoms with Gasteiger partial charge in [-0.3, -0.25) is 9.69 Å². The van der Waals surface area contributed by atoms with Gasteiger partial charge in [0.25, 0.3) is 0 Å². The fourth-order valence-electron chi connectivity index (χ4n) is 4.26. The van der Waals surface area contributed by atoms with Crippen LogP contribution in [0.2, 0.25) is 0 Å². The summed E-state index contributed by atoms with van der Waals surface area (Å²) in [5.74, 6) is 0.260. The van der Waals surface area contributed by atoms with Gasteiger partial charge in [-0.25, -0.2) is 13.1 Å². The molecule has 1 aromatic rings. The Morgan fingerprint density at radius 1 is 1.21 bits per heavy atom. The maximum atomic E-state index is 12.9. The van der Waals surface area contributed by atoms with E-state index in [0.717, 1.165) is 43.6 Å². The number of carbonyl (C=O) groups is 1. The molecule has 3 aliphatic rings. The molecule has 1 atom stereocenters. The molecule has 1 saturated heterocycles. The average molecular weight is 470 g/mol. The van der Waals surface area contributed by atoms with Crippen molar-refractivity contribution in [1.29, 1.82) is 0 Å². The fourth-order valence-corrected chi connectivity index (χ4v) is 6.39. The van der Waals surface area contributed by atoms with Crippen LogP contribution in [-0.2, 0) is 21.2 Å². The SMILES string of the molecule is CC1CCCCN1CCNS(=O)(=O)c1cc2c(cc1Br)CCN2C(=O)C1CC1. The van der Waals surface area contributed by atoms with E-state index in [4.69, 9.17) is 0 Å². The molecule has 2 fully saturated rings. The fraction of sp³-hybridized carbons (Fsp3) is 0.650. The van der Waals surface area contributed by atoms with Gasteiger partial charge in [-0.05, 0) is 79.2 Å². The highest BCUT2D eigenvalue weighted by atomic mass is 79.9. The molecule has 1 N–H and O–H groups in total. The number of rotatable bonds is 6. The number of sulfonamides is 1. The monoisotopic (exact) mass is 469 g/mol. The van der Waals surface area contributed by atoms with E-state index in [1.807, 2.05) is 6.07 Å². The van der Waals surface area contributed by atoms with Crippen molar-refractivity contribution in [2.45, 2.75) is 56.4 Å². The van der Waals surface area contributed by atoms with Gasteiger partial charge >= 0.3 is 0 Å². The second kappa shape index (κ2) is 8.05. The Balaban J connectivity index is 1.48. The molecule has 0 aromatic heterocycles. The Kier molecular flexibility index (Phi) is 5.84. The first-order chi connectivity index (χ1) is 13.4. The van der Waals surface area contributed by atoms with Crippen molar-refractivity contribution in [3.8, 4) is 0 Å². The molecule has 154 valence electrons. The first-order valence-corrected chi connectivity index (χ1v) is 12.5. The number of nitrogens with one attached hydrogen (secondary N) is 1. The van der Waals surface area contributed by atoms with Crippen molar-refractivity contribution < 1.29 is 13.2 Å². The number of amides is 1. The largest absolute Gasteiger partial charge is 0.312 e. The van der Waals surface area contributed by atoms with Crippen LogP contribution in [0.3, 0.4) is 0 Å². The van der Waals surface area contributed by atoms with Gasteiger partial charge in [-0.15, -0.1) is 0 Å². The van der Waals surface area contributed by atoms with E-state index in [0.29, 0.717) is 23.6 Å². The minimum absolute atomic E-state index is 0.124. The Labute approximate surface area is 175 Å². The summed E-state index contributed by atoms with van der Waals surface area (Å²) in [5, 5.41) is 0. The van der Waals surface area contributed by atoms with Gasteiger partial charge in [0.15, 0.2) is 0 Å². The summed E-state index contributed by atoms with van der Waals surface area (Å²) in [7, 11) is -3.65. The van der Waals surface area contributed by atoms with Gasteiger partial charge in [-0.1, -0.05) is 6.42 Å². The number of anilines is 1. The first kappa shape index (κ1) is 20.3. The number of benzene rings is 1. The van der Waals surface area contributed by atoms with Gasteiger partial charge < -0.3 is 4.90 Å². The number of carbonyl (C=O) groups excluding carboxylic acids is 1. The van der Waals surface area contributed by atoms with Gasteiger partial charge in [0.2, 0.25) is 15.9 Å². The van der Waals surface area contributed by atoms with Gasteiger partial charge in [0.1, 0.15) is 0 Å². The molecule has 28 heavy (non-hydrogen) atoms. The highest BCUT2D eigenvalue weighted by Gasteiger charge is 2.37. The summed E-state index contributed by atoms with van der Waals surface area (Å²) in [4.78, 5) is 16.9. The smallest absolute Gasteiger partial charge is 0.241 e. The average Bonchev–Trinajstić information content (AvgIpc) is 3.42. The summed E-state index contributed by atoms with van der Waals surface area (Å²) in [5.41, 5.74) is 1.78. The van der Waals surface area contributed by atoms with Gasteiger partial charge in [0, 0.05) is 41.8 Å². The third kappa shape index (κ3) is 4.15. The molecule has 0 spiro atoms. The molecule has 1 amide bonds. The minimum atomic E-state index is -3.65. The number of nitrogens with zero attached hydrogens (tertiary/aromatic N) is 2. The lowest BCUT2D eigenvalue weighted by Gasteiger charge is -2.33. The van der Waals surface area contributed by atoms with Crippen molar-refractivity contribution in [2.75, 3.05) is 31.1 Å². The van der Waals surface area contributed by atoms with Crippen LogP contribution >= 0.6 is 15.9 Å². The van der Waals surface area contributed by atoms with Crippen LogP contribution in [0.25, 0.3) is 0 Å². The number of fused-ring (bicyclic) bond motifs is 1. The summed E-state index contributed by atoms with van der Waals surface area (Å²) in [6.07, 6.45) is 6.27. The van der Waals surface area contributed by atoms with E-state index >= 15 is 0 Å². The van der Waals surface area contributed by atoms with E-state index in [1.54, 1.807) is 11.0 Å². The Morgan fingerprint density at radius 2 is 2.00 bits per heavy atom. The number of piperidine rings is 1. The topological polar surface area (TPSA) is 69.7 Å². The molecule has 1 aliphatic carbocycles. The molecule has 1 saturated carbocycles. The van der Waals surface area contributed by atoms with E-state index < -0.39 is 10.0 Å². The Morgan fingerprint density at radius 3 is 2.71 bits per heavy atom. The number of halogens is 1. The lowest BCUT2D eigenvalue weighted by Crippen LogP contribution is -2.42. The predicted molar refractivity (Wildman–Crippen MR) is 113 cm³/mol. The van der Waals surface area contributed by atoms with Crippen LogP contribution < -0.4 is 9.62 Å². The second-order valence-corrected chi connectivity index (χ2v) is 10.8. The predicted octanol–water partition coefficient (Wildman–Crippen LogP) is 2.90. The van der Waals surface area contributed by atoms with E-state index in [9.17, 15) is 13.2 Å². The molecule has 1 unspecified atom stereocenters. The Bertz CT molecular complexity index is 870. The van der Waals surface area contributed by atoms with Crippen LogP contribution in [0.15, 0.2) is 21.5 Å². The zero-order valence-corrected chi connectivity index (χ0v) is 18.7. The number of likely N-dealkylation sites (tertiary alicyclic amines) is 1. The quantitative estimate of drug-likeness (QED) is 0.695. The third-order valence-electron chi connectivity index (χ3n) is 6.14. The lowest BCUT2D eigenvalue weighted by molar-refractivity contribution is -0.119.